The zero-order valence-electron chi connectivity index (χ0n) is 15.4. The van der Waals surface area contributed by atoms with Crippen LogP contribution in [-0.2, 0) is 0 Å². The van der Waals surface area contributed by atoms with Crippen LogP contribution >= 0.6 is 23.4 Å². The van der Waals surface area contributed by atoms with Gasteiger partial charge in [-0.15, -0.1) is 11.8 Å². The molecule has 6 heteroatoms. The van der Waals surface area contributed by atoms with Crippen LogP contribution in [0.2, 0.25) is 5.02 Å². The van der Waals surface area contributed by atoms with Gasteiger partial charge in [0.15, 0.2) is 5.76 Å². The van der Waals surface area contributed by atoms with Crippen LogP contribution in [0.5, 0.6) is 0 Å². The van der Waals surface area contributed by atoms with Crippen molar-refractivity contribution < 1.29 is 9.32 Å². The van der Waals surface area contributed by atoms with Crippen molar-refractivity contribution in [1.82, 2.24) is 10.1 Å². The molecule has 0 spiro atoms. The molecule has 0 radical (unpaired) electrons. The van der Waals surface area contributed by atoms with Crippen molar-refractivity contribution in [2.24, 2.45) is 0 Å². The number of thioether (sulfide) groups is 1. The predicted molar refractivity (Wildman–Crippen MR) is 117 cm³/mol. The number of halogens is 1. The Labute approximate surface area is 177 Å². The van der Waals surface area contributed by atoms with Gasteiger partial charge in [-0.05, 0) is 35.9 Å². The van der Waals surface area contributed by atoms with Crippen LogP contribution in [-0.4, -0.2) is 28.3 Å². The largest absolute Gasteiger partial charge is 0.355 e. The van der Waals surface area contributed by atoms with E-state index in [1.54, 1.807) is 11.8 Å². The highest BCUT2D eigenvalue weighted by Gasteiger charge is 2.31. The van der Waals surface area contributed by atoms with Crippen LogP contribution in [0, 0.1) is 0 Å². The van der Waals surface area contributed by atoms with Crippen LogP contribution in [0.1, 0.15) is 21.3 Å². The molecule has 1 amide bonds. The van der Waals surface area contributed by atoms with E-state index in [4.69, 9.17) is 16.1 Å². The number of rotatable bonds is 3. The van der Waals surface area contributed by atoms with Gasteiger partial charge in [0.1, 0.15) is 10.9 Å². The monoisotopic (exact) mass is 420 g/mol. The van der Waals surface area contributed by atoms with E-state index in [-0.39, 0.29) is 11.3 Å². The summed E-state index contributed by atoms with van der Waals surface area (Å²) in [5.41, 5.74) is 3.40. The minimum absolute atomic E-state index is 0.00784. The quantitative estimate of drug-likeness (QED) is 0.405. The Morgan fingerprint density at radius 3 is 2.66 bits per heavy atom. The molecule has 1 aromatic heterocycles. The highest BCUT2D eigenvalue weighted by molar-refractivity contribution is 7.99. The first-order chi connectivity index (χ1) is 14.2. The molecular weight excluding hydrogens is 404 g/mol. The van der Waals surface area contributed by atoms with Gasteiger partial charge in [-0.3, -0.25) is 4.79 Å². The third kappa shape index (κ3) is 3.41. The fourth-order valence-electron chi connectivity index (χ4n) is 3.62. The van der Waals surface area contributed by atoms with Crippen molar-refractivity contribution in [3.8, 4) is 11.3 Å². The van der Waals surface area contributed by atoms with Gasteiger partial charge in [-0.2, -0.15) is 0 Å². The lowest BCUT2D eigenvalue weighted by Gasteiger charge is -2.24. The van der Waals surface area contributed by atoms with Gasteiger partial charge in [0.05, 0.1) is 5.39 Å². The molecule has 3 aromatic carbocycles. The Balaban J connectivity index is 1.50. The molecule has 0 aliphatic carbocycles. The SMILES string of the molecule is O=C(c1ccc2noc(-c3ccccc3)c2c1)N1CCSC1c1ccc(Cl)cc1. The van der Waals surface area contributed by atoms with Crippen LogP contribution in [0.15, 0.2) is 77.3 Å². The average molecular weight is 421 g/mol. The van der Waals surface area contributed by atoms with Crippen LogP contribution < -0.4 is 0 Å². The Morgan fingerprint density at radius 2 is 1.86 bits per heavy atom. The maximum Gasteiger partial charge on any atom is 0.255 e. The van der Waals surface area contributed by atoms with E-state index in [1.807, 2.05) is 77.7 Å². The highest BCUT2D eigenvalue weighted by Crippen LogP contribution is 2.39. The molecule has 29 heavy (non-hydrogen) atoms. The van der Waals surface area contributed by atoms with Crippen molar-refractivity contribution in [2.45, 2.75) is 5.37 Å². The molecule has 4 aromatic rings. The second kappa shape index (κ2) is 7.58. The highest BCUT2D eigenvalue weighted by atomic mass is 35.5. The van der Waals surface area contributed by atoms with Gasteiger partial charge in [0.25, 0.3) is 5.91 Å². The zero-order valence-corrected chi connectivity index (χ0v) is 17.0. The smallest absolute Gasteiger partial charge is 0.255 e. The number of carbonyl (C=O) groups excluding carboxylic acids is 1. The summed E-state index contributed by atoms with van der Waals surface area (Å²) in [7, 11) is 0. The molecule has 0 bridgehead atoms. The number of nitrogens with zero attached hydrogens (tertiary/aromatic N) is 2. The molecule has 1 aliphatic heterocycles. The summed E-state index contributed by atoms with van der Waals surface area (Å²) < 4.78 is 5.57. The molecule has 1 aliphatic rings. The number of fused-ring (bicyclic) bond motifs is 1. The first-order valence-electron chi connectivity index (χ1n) is 9.33. The molecule has 4 nitrogen and oxygen atoms in total. The first-order valence-corrected chi connectivity index (χ1v) is 10.8. The Hall–Kier alpha value is -2.76. The predicted octanol–water partition coefficient (Wildman–Crippen LogP) is 6.04. The molecule has 1 fully saturated rings. The summed E-state index contributed by atoms with van der Waals surface area (Å²) >= 11 is 7.79. The van der Waals surface area contributed by atoms with Gasteiger partial charge >= 0.3 is 0 Å². The zero-order chi connectivity index (χ0) is 19.8. The first kappa shape index (κ1) is 18.3. The van der Waals surface area contributed by atoms with Crippen molar-refractivity contribution >= 4 is 40.2 Å². The van der Waals surface area contributed by atoms with Gasteiger partial charge in [-0.1, -0.05) is 59.2 Å². The lowest BCUT2D eigenvalue weighted by Crippen LogP contribution is -2.30. The van der Waals surface area contributed by atoms with E-state index in [1.165, 1.54) is 0 Å². The van der Waals surface area contributed by atoms with E-state index < -0.39 is 0 Å². The van der Waals surface area contributed by atoms with Crippen molar-refractivity contribution in [3.05, 3.63) is 88.9 Å². The lowest BCUT2D eigenvalue weighted by molar-refractivity contribution is 0.0760. The van der Waals surface area contributed by atoms with Crippen molar-refractivity contribution in [2.75, 3.05) is 12.3 Å². The molecule has 5 rings (SSSR count). The number of carbonyl (C=O) groups is 1. The summed E-state index contributed by atoms with van der Waals surface area (Å²) in [5, 5.41) is 5.68. The normalized spacial score (nSPS) is 16.4. The van der Waals surface area contributed by atoms with Gasteiger partial charge < -0.3 is 9.42 Å². The minimum atomic E-state index is -0.00784. The Bertz CT molecular complexity index is 1170. The fraction of sp³-hybridized carbons (Fsp3) is 0.130. The second-order valence-corrected chi connectivity index (χ2v) is 8.51. The topological polar surface area (TPSA) is 46.3 Å². The number of hydrogen-bond acceptors (Lipinski definition) is 4. The van der Waals surface area contributed by atoms with E-state index >= 15 is 0 Å². The third-order valence-electron chi connectivity index (χ3n) is 5.07. The Morgan fingerprint density at radius 1 is 1.07 bits per heavy atom. The third-order valence-corrected chi connectivity index (χ3v) is 6.58. The van der Waals surface area contributed by atoms with E-state index in [0.29, 0.717) is 22.9 Å². The van der Waals surface area contributed by atoms with Crippen molar-refractivity contribution in [1.29, 1.82) is 0 Å². The number of amides is 1. The molecule has 2 heterocycles. The van der Waals surface area contributed by atoms with Gasteiger partial charge in [0, 0.05) is 28.4 Å². The average Bonchev–Trinajstić information content (AvgIpc) is 3.41. The van der Waals surface area contributed by atoms with Crippen molar-refractivity contribution in [3.63, 3.8) is 0 Å². The fourth-order valence-corrected chi connectivity index (χ4v) is 5.00. The minimum Gasteiger partial charge on any atom is -0.355 e. The summed E-state index contributed by atoms with van der Waals surface area (Å²) in [4.78, 5) is 15.3. The summed E-state index contributed by atoms with van der Waals surface area (Å²) in [6.07, 6.45) is 0. The molecule has 1 atom stereocenters. The summed E-state index contributed by atoms with van der Waals surface area (Å²) in [6, 6.07) is 23.1. The molecule has 144 valence electrons. The molecule has 1 unspecified atom stereocenters. The number of hydrogen-bond donors (Lipinski definition) is 0. The van der Waals surface area contributed by atoms with Gasteiger partial charge in [-0.25, -0.2) is 0 Å². The molecule has 0 N–H and O–H groups in total. The molecule has 0 saturated carbocycles. The van der Waals surface area contributed by atoms with E-state index in [2.05, 4.69) is 5.16 Å². The van der Waals surface area contributed by atoms with Crippen LogP contribution in [0.25, 0.3) is 22.2 Å². The van der Waals surface area contributed by atoms with Crippen LogP contribution in [0.4, 0.5) is 0 Å². The van der Waals surface area contributed by atoms with E-state index in [9.17, 15) is 4.79 Å². The summed E-state index contributed by atoms with van der Waals surface area (Å²) in [6.45, 7) is 0.712. The number of aromatic nitrogens is 1. The lowest BCUT2D eigenvalue weighted by atomic mass is 10.1. The van der Waals surface area contributed by atoms with E-state index in [0.717, 1.165) is 27.8 Å². The second-order valence-electron chi connectivity index (χ2n) is 6.88. The molecular formula is C23H17ClN2O2S. The maximum absolute atomic E-state index is 13.3. The molecule has 1 saturated heterocycles. The number of benzene rings is 3. The summed E-state index contributed by atoms with van der Waals surface area (Å²) in [5.74, 6) is 1.60. The standard InChI is InChI=1S/C23H17ClN2O2S/c24-18-9-6-16(7-10-18)23-26(12-13-29-23)22(27)17-8-11-20-19(14-17)21(28-25-20)15-4-2-1-3-5-15/h1-11,14,23H,12-13H2. The maximum atomic E-state index is 13.3. The van der Waals surface area contributed by atoms with Gasteiger partial charge in [0.2, 0.25) is 0 Å². The Kier molecular flexibility index (Phi) is 4.78. The van der Waals surface area contributed by atoms with Crippen LogP contribution in [0.3, 0.4) is 0 Å².